The first-order valence-corrected chi connectivity index (χ1v) is 7.55. The van der Waals surface area contributed by atoms with Crippen LogP contribution in [0.3, 0.4) is 0 Å². The molecular weight excluding hydrogens is 266 g/mol. The van der Waals surface area contributed by atoms with Gasteiger partial charge in [-0.15, -0.1) is 0 Å². The van der Waals surface area contributed by atoms with Crippen molar-refractivity contribution in [3.63, 3.8) is 0 Å². The van der Waals surface area contributed by atoms with Gasteiger partial charge in [0, 0.05) is 36.4 Å². The van der Waals surface area contributed by atoms with Gasteiger partial charge < -0.3 is 14.5 Å². The van der Waals surface area contributed by atoms with Crippen LogP contribution in [0.1, 0.15) is 37.0 Å². The third-order valence-corrected chi connectivity index (χ3v) is 3.89. The Bertz CT molecular complexity index is 639. The molecule has 0 amide bonds. The summed E-state index contributed by atoms with van der Waals surface area (Å²) in [5.41, 5.74) is 1.69. The Morgan fingerprint density at radius 3 is 2.81 bits per heavy atom. The predicted molar refractivity (Wildman–Crippen MR) is 81.9 cm³/mol. The molecule has 1 aromatic carbocycles. The molecule has 2 heterocycles. The van der Waals surface area contributed by atoms with Gasteiger partial charge in [-0.05, 0) is 38.8 Å². The molecule has 0 saturated carbocycles. The van der Waals surface area contributed by atoms with Crippen molar-refractivity contribution >= 4 is 16.7 Å². The summed E-state index contributed by atoms with van der Waals surface area (Å²) in [6, 6.07) is 5.85. The highest BCUT2D eigenvalue weighted by molar-refractivity contribution is 6.10. The van der Waals surface area contributed by atoms with Crippen LogP contribution in [0, 0.1) is 5.92 Å². The molecule has 0 radical (unpaired) electrons. The third-order valence-electron chi connectivity index (χ3n) is 3.89. The van der Waals surface area contributed by atoms with Crippen molar-refractivity contribution in [3.05, 3.63) is 30.0 Å². The number of rotatable bonds is 4. The number of fused-ring (bicyclic) bond motifs is 1. The van der Waals surface area contributed by atoms with Gasteiger partial charge in [0.2, 0.25) is 0 Å². The van der Waals surface area contributed by atoms with E-state index in [4.69, 9.17) is 9.47 Å². The number of ketones is 1. The lowest BCUT2D eigenvalue weighted by molar-refractivity contribution is 0.0546. The number of carbonyl (C=O) groups excluding carboxylic acids is 1. The van der Waals surface area contributed by atoms with Gasteiger partial charge in [0.05, 0.1) is 11.5 Å². The third kappa shape index (κ3) is 2.81. The summed E-state index contributed by atoms with van der Waals surface area (Å²) in [6.07, 6.45) is 3.50. The second-order valence-electron chi connectivity index (χ2n) is 5.80. The van der Waals surface area contributed by atoms with Crippen molar-refractivity contribution in [3.8, 4) is 5.75 Å². The fourth-order valence-electron chi connectivity index (χ4n) is 2.88. The van der Waals surface area contributed by atoms with E-state index in [-0.39, 0.29) is 17.8 Å². The Labute approximate surface area is 124 Å². The van der Waals surface area contributed by atoms with Crippen LogP contribution in [0.5, 0.6) is 5.75 Å². The lowest BCUT2D eigenvalue weighted by Gasteiger charge is -2.20. The zero-order valence-corrected chi connectivity index (χ0v) is 12.5. The molecule has 1 aliphatic heterocycles. The Hall–Kier alpha value is -1.81. The van der Waals surface area contributed by atoms with E-state index in [0.29, 0.717) is 13.2 Å². The van der Waals surface area contributed by atoms with Gasteiger partial charge in [0.25, 0.3) is 0 Å². The minimum absolute atomic E-state index is 0.0601. The topological polar surface area (TPSA) is 51.3 Å². The molecule has 1 saturated heterocycles. The van der Waals surface area contributed by atoms with Crippen molar-refractivity contribution in [2.75, 3.05) is 13.2 Å². The molecule has 4 heteroatoms. The van der Waals surface area contributed by atoms with Gasteiger partial charge in [0.15, 0.2) is 5.78 Å². The minimum atomic E-state index is 0.0601. The van der Waals surface area contributed by atoms with Crippen LogP contribution in [0.15, 0.2) is 24.4 Å². The number of aromatic nitrogens is 1. The van der Waals surface area contributed by atoms with E-state index in [0.717, 1.165) is 35.1 Å². The number of carbonyl (C=O) groups is 1. The fraction of sp³-hybridized carbons (Fsp3) is 0.471. The number of benzene rings is 1. The highest BCUT2D eigenvalue weighted by Gasteiger charge is 2.26. The summed E-state index contributed by atoms with van der Waals surface area (Å²) in [5.74, 6) is 1.04. The number of hydrogen-bond acceptors (Lipinski definition) is 3. The first kappa shape index (κ1) is 14.1. The lowest BCUT2D eigenvalue weighted by atomic mass is 9.90. The number of nitrogens with one attached hydrogen (secondary N) is 1. The Morgan fingerprint density at radius 2 is 2.10 bits per heavy atom. The smallest absolute Gasteiger partial charge is 0.168 e. The van der Waals surface area contributed by atoms with Crippen LogP contribution in [-0.2, 0) is 4.74 Å². The maximum Gasteiger partial charge on any atom is 0.168 e. The molecule has 1 aliphatic rings. The zero-order valence-electron chi connectivity index (χ0n) is 12.5. The Balaban J connectivity index is 1.99. The van der Waals surface area contributed by atoms with Crippen LogP contribution in [0.2, 0.25) is 0 Å². The van der Waals surface area contributed by atoms with E-state index in [1.807, 2.05) is 38.2 Å². The number of hydrogen-bond donors (Lipinski definition) is 1. The van der Waals surface area contributed by atoms with Crippen LogP contribution < -0.4 is 4.74 Å². The lowest BCUT2D eigenvalue weighted by Crippen LogP contribution is -2.23. The van der Waals surface area contributed by atoms with Crippen molar-refractivity contribution < 1.29 is 14.3 Å². The van der Waals surface area contributed by atoms with Gasteiger partial charge in [-0.25, -0.2) is 0 Å². The molecule has 2 aromatic rings. The van der Waals surface area contributed by atoms with Crippen molar-refractivity contribution in [2.45, 2.75) is 32.8 Å². The number of aromatic amines is 1. The summed E-state index contributed by atoms with van der Waals surface area (Å²) >= 11 is 0. The summed E-state index contributed by atoms with van der Waals surface area (Å²) in [6.45, 7) is 5.33. The standard InChI is InChI=1S/C17H21NO3/c1-11(2)21-15-5-3-4-14-16(15)13(10-18-14)17(19)12-6-8-20-9-7-12/h3-5,10-12,18H,6-9H2,1-2H3. The molecule has 0 atom stereocenters. The van der Waals surface area contributed by atoms with E-state index < -0.39 is 0 Å². The molecule has 1 aromatic heterocycles. The van der Waals surface area contributed by atoms with Gasteiger partial charge in [-0.2, -0.15) is 0 Å². The molecule has 4 nitrogen and oxygen atoms in total. The molecule has 0 unspecified atom stereocenters. The highest BCUT2D eigenvalue weighted by atomic mass is 16.5. The summed E-state index contributed by atoms with van der Waals surface area (Å²) in [4.78, 5) is 16.0. The predicted octanol–water partition coefficient (Wildman–Crippen LogP) is 3.56. The first-order valence-electron chi connectivity index (χ1n) is 7.55. The van der Waals surface area contributed by atoms with Crippen LogP contribution >= 0.6 is 0 Å². The van der Waals surface area contributed by atoms with Crippen molar-refractivity contribution in [1.82, 2.24) is 4.98 Å². The second-order valence-corrected chi connectivity index (χ2v) is 5.80. The van der Waals surface area contributed by atoms with Gasteiger partial charge >= 0.3 is 0 Å². The largest absolute Gasteiger partial charge is 0.490 e. The van der Waals surface area contributed by atoms with Crippen molar-refractivity contribution in [2.24, 2.45) is 5.92 Å². The average molecular weight is 287 g/mol. The summed E-state index contributed by atoms with van der Waals surface area (Å²) in [7, 11) is 0. The van der Waals surface area contributed by atoms with Crippen LogP contribution in [-0.4, -0.2) is 30.1 Å². The number of Topliss-reactive ketones (excluding diaryl/α,β-unsaturated/α-hetero) is 1. The number of H-pyrrole nitrogens is 1. The first-order chi connectivity index (χ1) is 10.2. The molecule has 1 N–H and O–H groups in total. The van der Waals surface area contributed by atoms with E-state index >= 15 is 0 Å². The SMILES string of the molecule is CC(C)Oc1cccc2[nH]cc(C(=O)C3CCOCC3)c12. The summed E-state index contributed by atoms with van der Waals surface area (Å²) < 4.78 is 11.2. The minimum Gasteiger partial charge on any atom is -0.490 e. The zero-order chi connectivity index (χ0) is 14.8. The molecule has 1 fully saturated rings. The summed E-state index contributed by atoms with van der Waals surface area (Å²) in [5, 5.41) is 0.905. The quantitative estimate of drug-likeness (QED) is 0.875. The molecule has 112 valence electrons. The normalized spacial score (nSPS) is 16.5. The Morgan fingerprint density at radius 1 is 1.33 bits per heavy atom. The Kier molecular flexibility index (Phi) is 3.97. The highest BCUT2D eigenvalue weighted by Crippen LogP contribution is 2.32. The molecule has 21 heavy (non-hydrogen) atoms. The maximum absolute atomic E-state index is 12.8. The van der Waals surface area contributed by atoms with Crippen LogP contribution in [0.4, 0.5) is 0 Å². The second kappa shape index (κ2) is 5.90. The van der Waals surface area contributed by atoms with E-state index in [2.05, 4.69) is 4.98 Å². The molecule has 0 aliphatic carbocycles. The monoisotopic (exact) mass is 287 g/mol. The molecule has 0 bridgehead atoms. The fourth-order valence-corrected chi connectivity index (χ4v) is 2.88. The molecule has 0 spiro atoms. The van der Waals surface area contributed by atoms with Gasteiger partial charge in [-0.3, -0.25) is 4.79 Å². The van der Waals surface area contributed by atoms with Crippen molar-refractivity contribution in [1.29, 1.82) is 0 Å². The van der Waals surface area contributed by atoms with Gasteiger partial charge in [-0.1, -0.05) is 6.07 Å². The molecular formula is C17H21NO3. The van der Waals surface area contributed by atoms with E-state index in [9.17, 15) is 4.79 Å². The van der Waals surface area contributed by atoms with Crippen LogP contribution in [0.25, 0.3) is 10.9 Å². The number of ether oxygens (including phenoxy) is 2. The molecule has 3 rings (SSSR count). The van der Waals surface area contributed by atoms with Gasteiger partial charge in [0.1, 0.15) is 5.75 Å². The van der Waals surface area contributed by atoms with E-state index in [1.54, 1.807) is 0 Å². The van der Waals surface area contributed by atoms with E-state index in [1.165, 1.54) is 0 Å². The average Bonchev–Trinajstić information content (AvgIpc) is 2.92. The maximum atomic E-state index is 12.8.